The highest BCUT2D eigenvalue weighted by Gasteiger charge is 2.20. The first-order valence-electron chi connectivity index (χ1n) is 7.90. The molecule has 0 fully saturated rings. The van der Waals surface area contributed by atoms with E-state index in [-0.39, 0.29) is 16.4 Å². The summed E-state index contributed by atoms with van der Waals surface area (Å²) in [5.74, 6) is 1.40. The van der Waals surface area contributed by atoms with Crippen molar-refractivity contribution in [3.8, 4) is 23.0 Å². The molecular formula is C20H18O5S. The Morgan fingerprint density at radius 1 is 0.769 bits per heavy atom. The van der Waals surface area contributed by atoms with E-state index in [1.54, 1.807) is 36.4 Å². The van der Waals surface area contributed by atoms with Gasteiger partial charge >= 0.3 is 10.1 Å². The van der Waals surface area contributed by atoms with Crippen molar-refractivity contribution in [3.63, 3.8) is 0 Å². The summed E-state index contributed by atoms with van der Waals surface area (Å²) in [5.41, 5.74) is 0.960. The van der Waals surface area contributed by atoms with Gasteiger partial charge in [-0.05, 0) is 43.3 Å². The van der Waals surface area contributed by atoms with Crippen LogP contribution in [-0.4, -0.2) is 15.5 Å². The Morgan fingerprint density at radius 3 is 2.12 bits per heavy atom. The fourth-order valence-corrected chi connectivity index (χ4v) is 3.19. The van der Waals surface area contributed by atoms with Crippen molar-refractivity contribution < 1.29 is 22.1 Å². The van der Waals surface area contributed by atoms with E-state index in [4.69, 9.17) is 13.7 Å². The molecule has 6 heteroatoms. The molecule has 0 aromatic heterocycles. The smallest absolute Gasteiger partial charge is 0.339 e. The van der Waals surface area contributed by atoms with Crippen molar-refractivity contribution in [2.45, 2.75) is 11.8 Å². The molecule has 0 aliphatic heterocycles. The van der Waals surface area contributed by atoms with Gasteiger partial charge in [0.1, 0.15) is 16.4 Å². The molecule has 0 saturated carbocycles. The van der Waals surface area contributed by atoms with Crippen molar-refractivity contribution >= 4 is 10.1 Å². The maximum Gasteiger partial charge on any atom is 0.339 e. The maximum atomic E-state index is 12.6. The summed E-state index contributed by atoms with van der Waals surface area (Å²) in [6, 6.07) is 20.1. The van der Waals surface area contributed by atoms with Crippen LogP contribution < -0.4 is 13.7 Å². The third-order valence-electron chi connectivity index (χ3n) is 3.63. The van der Waals surface area contributed by atoms with Crippen molar-refractivity contribution in [1.82, 2.24) is 0 Å². The van der Waals surface area contributed by atoms with Crippen molar-refractivity contribution in [3.05, 3.63) is 78.4 Å². The summed E-state index contributed by atoms with van der Waals surface area (Å²) in [7, 11) is -2.47. The van der Waals surface area contributed by atoms with E-state index in [1.807, 2.05) is 25.1 Å². The van der Waals surface area contributed by atoms with Crippen LogP contribution >= 0.6 is 0 Å². The molecule has 3 aromatic carbocycles. The summed E-state index contributed by atoms with van der Waals surface area (Å²) < 4.78 is 41.4. The molecule has 0 radical (unpaired) electrons. The van der Waals surface area contributed by atoms with Crippen LogP contribution in [0.4, 0.5) is 0 Å². The molecule has 0 atom stereocenters. The monoisotopic (exact) mass is 370 g/mol. The van der Waals surface area contributed by atoms with Crippen molar-refractivity contribution in [1.29, 1.82) is 0 Å². The first kappa shape index (κ1) is 17.8. The van der Waals surface area contributed by atoms with Crippen LogP contribution in [0.15, 0.2) is 77.7 Å². The van der Waals surface area contributed by atoms with Gasteiger partial charge in [0.25, 0.3) is 0 Å². The minimum atomic E-state index is -3.99. The summed E-state index contributed by atoms with van der Waals surface area (Å²) in [6.07, 6.45) is 0. The molecule has 3 rings (SSSR count). The average molecular weight is 370 g/mol. The molecule has 0 aliphatic rings. The molecule has 0 spiro atoms. The lowest BCUT2D eigenvalue weighted by Gasteiger charge is -2.13. The molecule has 0 aliphatic carbocycles. The summed E-state index contributed by atoms with van der Waals surface area (Å²) >= 11 is 0. The molecule has 0 amide bonds. The van der Waals surface area contributed by atoms with Crippen LogP contribution in [0, 0.1) is 6.92 Å². The second-order valence-corrected chi connectivity index (χ2v) is 7.12. The van der Waals surface area contributed by atoms with Gasteiger partial charge in [0.15, 0.2) is 11.5 Å². The zero-order chi connectivity index (χ0) is 18.6. The number of rotatable bonds is 6. The normalized spacial score (nSPS) is 11.0. The lowest BCUT2D eigenvalue weighted by Crippen LogP contribution is -2.10. The fourth-order valence-electron chi connectivity index (χ4n) is 2.25. The van der Waals surface area contributed by atoms with E-state index >= 15 is 0 Å². The minimum absolute atomic E-state index is 0.0737. The molecule has 0 saturated heterocycles. The largest absolute Gasteiger partial charge is 0.497 e. The van der Waals surface area contributed by atoms with Crippen LogP contribution in [0.25, 0.3) is 0 Å². The predicted molar refractivity (Wildman–Crippen MR) is 98.5 cm³/mol. The highest BCUT2D eigenvalue weighted by atomic mass is 32.2. The molecule has 26 heavy (non-hydrogen) atoms. The van der Waals surface area contributed by atoms with E-state index in [2.05, 4.69) is 0 Å². The second kappa shape index (κ2) is 7.49. The quantitative estimate of drug-likeness (QED) is 0.595. The van der Waals surface area contributed by atoms with Gasteiger partial charge in [-0.2, -0.15) is 8.42 Å². The number of hydrogen-bond donors (Lipinski definition) is 0. The minimum Gasteiger partial charge on any atom is -0.497 e. The molecule has 0 bridgehead atoms. The fraction of sp³-hybridized carbons (Fsp3) is 0.100. The Bertz CT molecular complexity index is 980. The van der Waals surface area contributed by atoms with E-state index in [0.717, 1.165) is 5.56 Å². The standard InChI is InChI=1S/C20H18O5S/c1-15-8-11-18(12-9-15)26(21,22)25-19-13-10-17(23-2)14-20(19)24-16-6-4-3-5-7-16/h3-14H,1-2H3. The van der Waals surface area contributed by atoms with Crippen LogP contribution in [0.5, 0.6) is 23.0 Å². The van der Waals surface area contributed by atoms with Gasteiger partial charge in [-0.15, -0.1) is 0 Å². The number of benzene rings is 3. The zero-order valence-corrected chi connectivity index (χ0v) is 15.2. The highest BCUT2D eigenvalue weighted by molar-refractivity contribution is 7.87. The summed E-state index contributed by atoms with van der Waals surface area (Å²) in [5, 5.41) is 0. The Labute approximate surface area is 152 Å². The Morgan fingerprint density at radius 2 is 1.46 bits per heavy atom. The van der Waals surface area contributed by atoms with Crippen LogP contribution in [0.2, 0.25) is 0 Å². The van der Waals surface area contributed by atoms with Crippen LogP contribution in [0.1, 0.15) is 5.56 Å². The Balaban J connectivity index is 1.95. The molecule has 5 nitrogen and oxygen atoms in total. The van der Waals surface area contributed by atoms with Crippen LogP contribution in [0.3, 0.4) is 0 Å². The van der Waals surface area contributed by atoms with Gasteiger partial charge < -0.3 is 13.7 Å². The number of hydrogen-bond acceptors (Lipinski definition) is 5. The van der Waals surface area contributed by atoms with Crippen LogP contribution in [-0.2, 0) is 10.1 Å². The number of ether oxygens (including phenoxy) is 2. The summed E-state index contributed by atoms with van der Waals surface area (Å²) in [6.45, 7) is 1.88. The average Bonchev–Trinajstić information content (AvgIpc) is 2.64. The first-order valence-corrected chi connectivity index (χ1v) is 9.31. The van der Waals surface area contributed by atoms with Gasteiger partial charge in [0, 0.05) is 6.07 Å². The van der Waals surface area contributed by atoms with Gasteiger partial charge in [-0.3, -0.25) is 0 Å². The second-order valence-electron chi connectivity index (χ2n) is 5.58. The third-order valence-corrected chi connectivity index (χ3v) is 4.88. The van der Waals surface area contributed by atoms with E-state index in [0.29, 0.717) is 11.5 Å². The number of methoxy groups -OCH3 is 1. The zero-order valence-electron chi connectivity index (χ0n) is 14.4. The molecular weight excluding hydrogens is 352 g/mol. The molecule has 134 valence electrons. The topological polar surface area (TPSA) is 61.8 Å². The maximum absolute atomic E-state index is 12.6. The third kappa shape index (κ3) is 4.15. The number of para-hydroxylation sites is 1. The lowest BCUT2D eigenvalue weighted by atomic mass is 10.2. The van der Waals surface area contributed by atoms with Gasteiger partial charge in [-0.1, -0.05) is 35.9 Å². The van der Waals surface area contributed by atoms with Crippen molar-refractivity contribution in [2.75, 3.05) is 7.11 Å². The Kier molecular flexibility index (Phi) is 5.14. The SMILES string of the molecule is COc1ccc(OS(=O)(=O)c2ccc(C)cc2)c(Oc2ccccc2)c1. The molecule has 0 heterocycles. The molecule has 0 N–H and O–H groups in total. The molecule has 0 unspecified atom stereocenters. The Hall–Kier alpha value is -2.99. The van der Waals surface area contributed by atoms with Gasteiger partial charge in [-0.25, -0.2) is 0 Å². The highest BCUT2D eigenvalue weighted by Crippen LogP contribution is 2.36. The van der Waals surface area contributed by atoms with E-state index in [1.165, 1.54) is 25.3 Å². The summed E-state index contributed by atoms with van der Waals surface area (Å²) in [4.78, 5) is 0.0737. The first-order chi connectivity index (χ1) is 12.5. The molecule has 3 aromatic rings. The van der Waals surface area contributed by atoms with E-state index in [9.17, 15) is 8.42 Å². The predicted octanol–water partition coefficient (Wildman–Crippen LogP) is 4.56. The number of aryl methyl sites for hydroxylation is 1. The van der Waals surface area contributed by atoms with E-state index < -0.39 is 10.1 Å². The van der Waals surface area contributed by atoms with Gasteiger partial charge in [0.05, 0.1) is 7.11 Å². The van der Waals surface area contributed by atoms with Gasteiger partial charge in [0.2, 0.25) is 0 Å². The van der Waals surface area contributed by atoms with Crippen molar-refractivity contribution in [2.24, 2.45) is 0 Å². The lowest BCUT2D eigenvalue weighted by molar-refractivity contribution is 0.401.